The molecule has 1 aliphatic heterocycles. The number of aromatic hydroxyl groups is 3. The first-order valence-electron chi connectivity index (χ1n) is 10.0. The minimum atomic E-state index is -0.563. The number of ketones is 1. The van der Waals surface area contributed by atoms with Crippen LogP contribution in [-0.2, 0) is 6.42 Å². The maximum Gasteiger partial charge on any atom is 0.174 e. The highest BCUT2D eigenvalue weighted by Crippen LogP contribution is 2.46. The van der Waals surface area contributed by atoms with Crippen LogP contribution in [0.1, 0.15) is 61.2 Å². The molecule has 0 saturated heterocycles. The second kappa shape index (κ2) is 8.66. The molecule has 158 valence electrons. The lowest BCUT2D eigenvalue weighted by atomic mass is 9.86. The van der Waals surface area contributed by atoms with Gasteiger partial charge in [0.15, 0.2) is 5.78 Å². The third-order valence-electron chi connectivity index (χ3n) is 5.47. The predicted octanol–water partition coefficient (Wildman–Crippen LogP) is 5.60. The molecule has 2 aromatic rings. The summed E-state index contributed by atoms with van der Waals surface area (Å²) in [5.74, 6) is -0.229. The highest BCUT2D eigenvalue weighted by molar-refractivity contribution is 6.03. The van der Waals surface area contributed by atoms with E-state index in [1.54, 1.807) is 12.1 Å². The summed E-state index contributed by atoms with van der Waals surface area (Å²) in [6.07, 6.45) is 2.81. The summed E-state index contributed by atoms with van der Waals surface area (Å²) >= 11 is 0. The van der Waals surface area contributed by atoms with Crippen molar-refractivity contribution in [2.45, 2.75) is 46.1 Å². The molecule has 0 aliphatic carbocycles. The summed E-state index contributed by atoms with van der Waals surface area (Å²) in [5.41, 5.74) is 3.50. The molecule has 0 bridgehead atoms. The zero-order valence-corrected chi connectivity index (χ0v) is 17.6. The van der Waals surface area contributed by atoms with Gasteiger partial charge in [0.05, 0.1) is 6.42 Å². The number of phenols is 3. The number of hydrogen-bond acceptors (Lipinski definition) is 5. The Morgan fingerprint density at radius 1 is 1.17 bits per heavy atom. The number of Topliss-reactive ketones (excluding diaryl/α,β-unsaturated/α-hetero) is 1. The van der Waals surface area contributed by atoms with E-state index in [0.29, 0.717) is 12.0 Å². The van der Waals surface area contributed by atoms with Gasteiger partial charge in [0.1, 0.15) is 34.7 Å². The van der Waals surface area contributed by atoms with Crippen LogP contribution >= 0.6 is 0 Å². The van der Waals surface area contributed by atoms with Crippen molar-refractivity contribution in [3.8, 4) is 23.0 Å². The molecule has 2 aromatic carbocycles. The quantitative estimate of drug-likeness (QED) is 0.542. The zero-order valence-electron chi connectivity index (χ0n) is 17.6. The number of ether oxygens (including phenoxy) is 1. The van der Waals surface area contributed by atoms with Crippen LogP contribution in [0.25, 0.3) is 0 Å². The van der Waals surface area contributed by atoms with Gasteiger partial charge in [-0.25, -0.2) is 0 Å². The summed E-state index contributed by atoms with van der Waals surface area (Å²) in [4.78, 5) is 12.9. The summed E-state index contributed by atoms with van der Waals surface area (Å²) in [5, 5.41) is 30.5. The molecule has 0 spiro atoms. The summed E-state index contributed by atoms with van der Waals surface area (Å²) in [6.45, 7) is 10.1. The van der Waals surface area contributed by atoms with Crippen LogP contribution in [0.15, 0.2) is 54.1 Å². The van der Waals surface area contributed by atoms with E-state index in [1.807, 2.05) is 20.8 Å². The zero-order chi connectivity index (χ0) is 22.0. The number of carbonyl (C=O) groups is 1. The fourth-order valence-corrected chi connectivity index (χ4v) is 3.68. The van der Waals surface area contributed by atoms with E-state index in [9.17, 15) is 20.1 Å². The second-order valence-electron chi connectivity index (χ2n) is 8.19. The van der Waals surface area contributed by atoms with Gasteiger partial charge in [-0.2, -0.15) is 0 Å². The van der Waals surface area contributed by atoms with Crippen LogP contribution in [-0.4, -0.2) is 21.1 Å². The topological polar surface area (TPSA) is 87.0 Å². The van der Waals surface area contributed by atoms with Gasteiger partial charge in [-0.15, -0.1) is 0 Å². The molecular weight excluding hydrogens is 380 g/mol. The monoisotopic (exact) mass is 408 g/mol. The minimum Gasteiger partial charge on any atom is -0.508 e. The first kappa shape index (κ1) is 21.5. The lowest BCUT2D eigenvalue weighted by Crippen LogP contribution is -2.22. The van der Waals surface area contributed by atoms with Gasteiger partial charge in [0.25, 0.3) is 0 Å². The SMILES string of the molecule is C=C(C)C(CC=C(C)C)Cc1c(O)cc(O)c2c1OC(c1ccc(O)cc1)CC2=O. The minimum absolute atomic E-state index is 0.0483. The molecule has 2 unspecified atom stereocenters. The van der Waals surface area contributed by atoms with Gasteiger partial charge >= 0.3 is 0 Å². The van der Waals surface area contributed by atoms with E-state index >= 15 is 0 Å². The van der Waals surface area contributed by atoms with Crippen molar-refractivity contribution in [3.05, 3.63) is 70.8 Å². The average Bonchev–Trinajstić information content (AvgIpc) is 2.66. The Bertz CT molecular complexity index is 997. The van der Waals surface area contributed by atoms with Crippen molar-refractivity contribution < 1.29 is 24.9 Å². The first-order chi connectivity index (χ1) is 14.2. The van der Waals surface area contributed by atoms with Crippen LogP contribution in [0, 0.1) is 5.92 Å². The lowest BCUT2D eigenvalue weighted by molar-refractivity contribution is 0.0841. The van der Waals surface area contributed by atoms with Crippen molar-refractivity contribution in [1.29, 1.82) is 0 Å². The largest absolute Gasteiger partial charge is 0.508 e. The molecule has 0 amide bonds. The Morgan fingerprint density at radius 2 is 1.83 bits per heavy atom. The first-order valence-corrected chi connectivity index (χ1v) is 10.0. The molecule has 5 nitrogen and oxygen atoms in total. The molecule has 30 heavy (non-hydrogen) atoms. The van der Waals surface area contributed by atoms with Crippen molar-refractivity contribution in [2.75, 3.05) is 0 Å². The van der Waals surface area contributed by atoms with Crippen molar-refractivity contribution >= 4 is 5.78 Å². The highest BCUT2D eigenvalue weighted by Gasteiger charge is 2.34. The van der Waals surface area contributed by atoms with E-state index in [2.05, 4.69) is 12.7 Å². The number of rotatable bonds is 6. The van der Waals surface area contributed by atoms with E-state index in [4.69, 9.17) is 4.74 Å². The van der Waals surface area contributed by atoms with Crippen LogP contribution in [0.3, 0.4) is 0 Å². The number of benzene rings is 2. The smallest absolute Gasteiger partial charge is 0.174 e. The van der Waals surface area contributed by atoms with Gasteiger partial charge in [0.2, 0.25) is 0 Å². The van der Waals surface area contributed by atoms with Crippen LogP contribution in [0.2, 0.25) is 0 Å². The number of hydrogen-bond donors (Lipinski definition) is 3. The molecule has 0 radical (unpaired) electrons. The Labute approximate surface area is 177 Å². The van der Waals surface area contributed by atoms with E-state index < -0.39 is 6.10 Å². The molecule has 1 heterocycles. The van der Waals surface area contributed by atoms with E-state index in [-0.39, 0.29) is 46.7 Å². The number of carbonyl (C=O) groups excluding carboxylic acids is 1. The van der Waals surface area contributed by atoms with Gasteiger partial charge in [-0.3, -0.25) is 4.79 Å². The number of allylic oxidation sites excluding steroid dienone is 3. The third kappa shape index (κ3) is 4.51. The van der Waals surface area contributed by atoms with Gasteiger partial charge < -0.3 is 20.1 Å². The fraction of sp³-hybridized carbons (Fsp3) is 0.320. The molecule has 0 fully saturated rings. The maximum atomic E-state index is 12.9. The number of fused-ring (bicyclic) bond motifs is 1. The van der Waals surface area contributed by atoms with E-state index in [0.717, 1.165) is 17.6 Å². The second-order valence-corrected chi connectivity index (χ2v) is 8.19. The summed E-state index contributed by atoms with van der Waals surface area (Å²) in [7, 11) is 0. The fourth-order valence-electron chi connectivity index (χ4n) is 3.68. The lowest BCUT2D eigenvalue weighted by Gasteiger charge is -2.29. The van der Waals surface area contributed by atoms with Gasteiger partial charge in [0, 0.05) is 11.6 Å². The molecule has 1 aliphatic rings. The standard InChI is InChI=1S/C25H28O5/c1-14(2)5-6-17(15(3)4)11-19-20(27)12-21(28)24-22(29)13-23(30-25(19)24)16-7-9-18(26)10-8-16/h5,7-10,12,17,23,26-28H,3,6,11,13H2,1-2,4H3. The Balaban J connectivity index is 2.03. The summed E-state index contributed by atoms with van der Waals surface area (Å²) < 4.78 is 6.16. The van der Waals surface area contributed by atoms with Crippen molar-refractivity contribution in [2.24, 2.45) is 5.92 Å². The molecule has 3 N–H and O–H groups in total. The van der Waals surface area contributed by atoms with Gasteiger partial charge in [-0.1, -0.05) is 35.9 Å². The summed E-state index contributed by atoms with van der Waals surface area (Å²) in [6, 6.07) is 7.69. The molecular formula is C25H28O5. The third-order valence-corrected chi connectivity index (χ3v) is 5.47. The Kier molecular flexibility index (Phi) is 6.20. The predicted molar refractivity (Wildman–Crippen MR) is 116 cm³/mol. The molecule has 0 saturated carbocycles. The molecule has 2 atom stereocenters. The highest BCUT2D eigenvalue weighted by atomic mass is 16.5. The van der Waals surface area contributed by atoms with Gasteiger partial charge in [-0.05, 0) is 57.2 Å². The molecule has 0 aromatic heterocycles. The Hall–Kier alpha value is -3.21. The Morgan fingerprint density at radius 3 is 2.43 bits per heavy atom. The molecule has 3 rings (SSSR count). The van der Waals surface area contributed by atoms with Crippen molar-refractivity contribution in [1.82, 2.24) is 0 Å². The van der Waals surface area contributed by atoms with Crippen LogP contribution in [0.5, 0.6) is 23.0 Å². The number of phenolic OH excluding ortho intramolecular Hbond substituents is 3. The van der Waals surface area contributed by atoms with E-state index in [1.165, 1.54) is 23.8 Å². The van der Waals surface area contributed by atoms with Crippen LogP contribution in [0.4, 0.5) is 0 Å². The average molecular weight is 408 g/mol. The molecule has 5 heteroatoms. The van der Waals surface area contributed by atoms with Crippen LogP contribution < -0.4 is 4.74 Å². The maximum absolute atomic E-state index is 12.9. The van der Waals surface area contributed by atoms with Crippen molar-refractivity contribution in [3.63, 3.8) is 0 Å². The normalized spacial score (nSPS) is 16.4.